The molecular formula is C12H7F3N4S. The quantitative estimate of drug-likeness (QED) is 0.735. The first-order valence-corrected chi connectivity index (χ1v) is 6.35. The van der Waals surface area contributed by atoms with Crippen LogP contribution >= 0.6 is 11.8 Å². The van der Waals surface area contributed by atoms with E-state index in [1.54, 1.807) is 6.07 Å². The number of alkyl halides is 3. The molecule has 0 aliphatic heterocycles. The molecule has 1 N–H and O–H groups in total. The number of rotatable bonds is 2. The zero-order valence-electron chi connectivity index (χ0n) is 9.85. The van der Waals surface area contributed by atoms with E-state index in [9.17, 15) is 13.2 Å². The van der Waals surface area contributed by atoms with Gasteiger partial charge in [0.2, 0.25) is 0 Å². The Morgan fingerprint density at radius 2 is 1.85 bits per heavy atom. The van der Waals surface area contributed by atoms with Crippen LogP contribution in [0.15, 0.2) is 46.8 Å². The number of halogens is 3. The fraction of sp³-hybridized carbons (Fsp3) is 0.0833. The molecule has 0 atom stereocenters. The van der Waals surface area contributed by atoms with Gasteiger partial charge in [-0.15, -0.1) is 0 Å². The molecule has 1 aromatic carbocycles. The Labute approximate surface area is 115 Å². The molecule has 0 radical (unpaired) electrons. The second-order valence-electron chi connectivity index (χ2n) is 3.88. The van der Waals surface area contributed by atoms with Gasteiger partial charge in [-0.25, -0.2) is 15.0 Å². The van der Waals surface area contributed by atoms with Gasteiger partial charge in [-0.2, -0.15) is 13.2 Å². The summed E-state index contributed by atoms with van der Waals surface area (Å²) in [6.07, 6.45) is -1.69. The SMILES string of the molecule is FC(F)(F)c1ccccc1Sc1ncnc2nc[nH]c12. The Balaban J connectivity index is 2.06. The van der Waals surface area contributed by atoms with Crippen molar-refractivity contribution in [1.29, 1.82) is 0 Å². The van der Waals surface area contributed by atoms with E-state index in [1.165, 1.54) is 24.8 Å². The maximum atomic E-state index is 12.9. The van der Waals surface area contributed by atoms with E-state index in [-0.39, 0.29) is 4.90 Å². The van der Waals surface area contributed by atoms with Crippen LogP contribution in [0.3, 0.4) is 0 Å². The molecule has 0 spiro atoms. The normalized spacial score (nSPS) is 11.9. The number of benzene rings is 1. The number of H-pyrrole nitrogens is 1. The predicted octanol–water partition coefficient (Wildman–Crippen LogP) is 3.52. The second-order valence-corrected chi connectivity index (χ2v) is 4.91. The van der Waals surface area contributed by atoms with E-state index in [1.807, 2.05) is 0 Å². The van der Waals surface area contributed by atoms with Crippen LogP contribution < -0.4 is 0 Å². The van der Waals surface area contributed by atoms with Gasteiger partial charge in [0.05, 0.1) is 11.9 Å². The van der Waals surface area contributed by atoms with Crippen LogP contribution in [0, 0.1) is 0 Å². The van der Waals surface area contributed by atoms with Gasteiger partial charge in [-0.3, -0.25) is 0 Å². The summed E-state index contributed by atoms with van der Waals surface area (Å²) in [4.78, 5) is 14.8. The molecule has 3 aromatic rings. The van der Waals surface area contributed by atoms with E-state index in [4.69, 9.17) is 0 Å². The number of aromatic amines is 1. The molecule has 0 bridgehead atoms. The third kappa shape index (κ3) is 2.34. The van der Waals surface area contributed by atoms with E-state index in [0.717, 1.165) is 17.8 Å². The van der Waals surface area contributed by atoms with Crippen molar-refractivity contribution in [2.75, 3.05) is 0 Å². The van der Waals surface area contributed by atoms with Crippen LogP contribution in [0.25, 0.3) is 11.2 Å². The first-order chi connectivity index (χ1) is 9.55. The van der Waals surface area contributed by atoms with Crippen molar-refractivity contribution in [2.24, 2.45) is 0 Å². The lowest BCUT2D eigenvalue weighted by atomic mass is 10.2. The summed E-state index contributed by atoms with van der Waals surface area (Å²) in [6.45, 7) is 0. The Morgan fingerprint density at radius 1 is 1.05 bits per heavy atom. The molecule has 0 amide bonds. The maximum absolute atomic E-state index is 12.9. The number of nitrogens with zero attached hydrogens (tertiary/aromatic N) is 3. The fourth-order valence-corrected chi connectivity index (χ4v) is 2.71. The summed E-state index contributed by atoms with van der Waals surface area (Å²) in [7, 11) is 0. The van der Waals surface area contributed by atoms with Crippen LogP contribution in [-0.2, 0) is 6.18 Å². The maximum Gasteiger partial charge on any atom is 0.417 e. The van der Waals surface area contributed by atoms with Crippen LogP contribution in [0.5, 0.6) is 0 Å². The molecule has 2 heterocycles. The summed E-state index contributed by atoms with van der Waals surface area (Å²) in [5.74, 6) is 0. The highest BCUT2D eigenvalue weighted by atomic mass is 32.2. The van der Waals surface area contributed by atoms with E-state index < -0.39 is 11.7 Å². The lowest BCUT2D eigenvalue weighted by Gasteiger charge is -2.11. The van der Waals surface area contributed by atoms with E-state index in [2.05, 4.69) is 19.9 Å². The fourth-order valence-electron chi connectivity index (χ4n) is 1.71. The van der Waals surface area contributed by atoms with Gasteiger partial charge >= 0.3 is 6.18 Å². The summed E-state index contributed by atoms with van der Waals surface area (Å²) in [5, 5.41) is 0.407. The first-order valence-electron chi connectivity index (χ1n) is 5.54. The average Bonchev–Trinajstić information content (AvgIpc) is 2.87. The van der Waals surface area contributed by atoms with E-state index in [0.29, 0.717) is 16.2 Å². The molecule has 0 aliphatic carbocycles. The van der Waals surface area contributed by atoms with Crippen molar-refractivity contribution in [3.8, 4) is 0 Å². The van der Waals surface area contributed by atoms with Gasteiger partial charge in [-0.1, -0.05) is 23.9 Å². The molecular weight excluding hydrogens is 289 g/mol. The minimum absolute atomic E-state index is 0.0922. The molecule has 20 heavy (non-hydrogen) atoms. The van der Waals surface area contributed by atoms with Gasteiger partial charge in [0.15, 0.2) is 5.65 Å². The summed E-state index contributed by atoms with van der Waals surface area (Å²) >= 11 is 0.933. The van der Waals surface area contributed by atoms with E-state index >= 15 is 0 Å². The number of fused-ring (bicyclic) bond motifs is 1. The molecule has 0 fully saturated rings. The smallest absolute Gasteiger partial charge is 0.341 e. The summed E-state index contributed by atoms with van der Waals surface area (Å²) < 4.78 is 38.8. The molecule has 4 nitrogen and oxygen atoms in total. The van der Waals surface area contributed by atoms with Crippen LogP contribution in [0.1, 0.15) is 5.56 Å². The van der Waals surface area contributed by atoms with Crippen molar-refractivity contribution in [2.45, 2.75) is 16.1 Å². The minimum Gasteiger partial charge on any atom is -0.341 e. The van der Waals surface area contributed by atoms with Crippen LogP contribution in [0.4, 0.5) is 13.2 Å². The first kappa shape index (κ1) is 12.9. The van der Waals surface area contributed by atoms with Gasteiger partial charge in [0.1, 0.15) is 16.9 Å². The molecule has 2 aromatic heterocycles. The molecule has 8 heteroatoms. The van der Waals surface area contributed by atoms with Crippen molar-refractivity contribution >= 4 is 22.9 Å². The van der Waals surface area contributed by atoms with Crippen molar-refractivity contribution < 1.29 is 13.2 Å². The molecule has 102 valence electrons. The second kappa shape index (κ2) is 4.78. The largest absolute Gasteiger partial charge is 0.417 e. The number of hydrogen-bond donors (Lipinski definition) is 1. The summed E-state index contributed by atoms with van der Waals surface area (Å²) in [6, 6.07) is 5.38. The van der Waals surface area contributed by atoms with Crippen molar-refractivity contribution in [1.82, 2.24) is 19.9 Å². The zero-order valence-corrected chi connectivity index (χ0v) is 10.7. The Hall–Kier alpha value is -2.09. The highest BCUT2D eigenvalue weighted by Crippen LogP contribution is 2.39. The molecule has 0 saturated carbocycles. The molecule has 3 rings (SSSR count). The number of hydrogen-bond acceptors (Lipinski definition) is 4. The Kier molecular flexibility index (Phi) is 3.09. The van der Waals surface area contributed by atoms with Crippen molar-refractivity contribution in [3.63, 3.8) is 0 Å². The Bertz CT molecular complexity index is 754. The van der Waals surface area contributed by atoms with Gasteiger partial charge in [0, 0.05) is 4.90 Å². The number of nitrogens with one attached hydrogen (secondary N) is 1. The topological polar surface area (TPSA) is 54.5 Å². The molecule has 0 saturated heterocycles. The highest BCUT2D eigenvalue weighted by molar-refractivity contribution is 7.99. The number of imidazole rings is 1. The zero-order chi connectivity index (χ0) is 14.2. The lowest BCUT2D eigenvalue weighted by molar-refractivity contribution is -0.139. The van der Waals surface area contributed by atoms with Gasteiger partial charge in [0.25, 0.3) is 0 Å². The lowest BCUT2D eigenvalue weighted by Crippen LogP contribution is -2.06. The highest BCUT2D eigenvalue weighted by Gasteiger charge is 2.33. The summed E-state index contributed by atoms with van der Waals surface area (Å²) in [5.41, 5.74) is 0.262. The Morgan fingerprint density at radius 3 is 2.65 bits per heavy atom. The average molecular weight is 296 g/mol. The van der Waals surface area contributed by atoms with Crippen LogP contribution in [0.2, 0.25) is 0 Å². The molecule has 0 aliphatic rings. The predicted molar refractivity (Wildman–Crippen MR) is 67.3 cm³/mol. The van der Waals surface area contributed by atoms with Crippen LogP contribution in [-0.4, -0.2) is 19.9 Å². The molecule has 0 unspecified atom stereocenters. The van der Waals surface area contributed by atoms with Gasteiger partial charge < -0.3 is 4.98 Å². The third-order valence-corrected chi connectivity index (χ3v) is 3.67. The monoisotopic (exact) mass is 296 g/mol. The standard InChI is InChI=1S/C12H7F3N4S/c13-12(14,15)7-3-1-2-4-8(7)20-11-9-10(17-5-16-9)18-6-19-11/h1-6H,(H,16,17,18,19). The number of aromatic nitrogens is 4. The van der Waals surface area contributed by atoms with Crippen molar-refractivity contribution in [3.05, 3.63) is 42.5 Å². The minimum atomic E-state index is -4.40. The van der Waals surface area contributed by atoms with Gasteiger partial charge in [-0.05, 0) is 12.1 Å². The third-order valence-electron chi connectivity index (χ3n) is 2.59.